The lowest BCUT2D eigenvalue weighted by molar-refractivity contribution is 0.516. The average molecular weight is 255 g/mol. The molecule has 17 heavy (non-hydrogen) atoms. The Kier molecular flexibility index (Phi) is 8.14. The lowest BCUT2D eigenvalue weighted by Crippen LogP contribution is -1.98. The zero-order chi connectivity index (χ0) is 12.3. The Morgan fingerprint density at radius 1 is 1.18 bits per heavy atom. The first kappa shape index (κ1) is 14.6. The highest BCUT2D eigenvalue weighted by atomic mass is 32.2. The molecule has 0 spiro atoms. The molecule has 4 heteroatoms. The number of hydrogen-bond donors (Lipinski definition) is 0. The van der Waals surface area contributed by atoms with E-state index < -0.39 is 0 Å². The molecule has 1 aromatic heterocycles. The van der Waals surface area contributed by atoms with Crippen LogP contribution in [0.5, 0.6) is 0 Å². The first-order valence-corrected chi connectivity index (χ1v) is 8.14. The van der Waals surface area contributed by atoms with Gasteiger partial charge in [-0.2, -0.15) is 11.8 Å². The number of aryl methyl sites for hydroxylation is 2. The van der Waals surface area contributed by atoms with E-state index in [1.54, 1.807) is 0 Å². The van der Waals surface area contributed by atoms with Gasteiger partial charge in [-0.15, -0.1) is 5.10 Å². The summed E-state index contributed by atoms with van der Waals surface area (Å²) in [6.07, 6.45) is 13.3. The van der Waals surface area contributed by atoms with Crippen LogP contribution in [0.15, 0.2) is 6.20 Å². The Balaban J connectivity index is 2.08. The van der Waals surface area contributed by atoms with Gasteiger partial charge in [0.25, 0.3) is 0 Å². The Hall–Kier alpha value is -0.510. The van der Waals surface area contributed by atoms with Crippen LogP contribution >= 0.6 is 11.8 Å². The third-order valence-corrected chi connectivity index (χ3v) is 3.50. The van der Waals surface area contributed by atoms with E-state index in [0.717, 1.165) is 24.4 Å². The number of unbranched alkanes of at least 4 members (excludes halogenated alkanes) is 5. The number of aromatic nitrogens is 3. The van der Waals surface area contributed by atoms with Crippen molar-refractivity contribution in [1.29, 1.82) is 0 Å². The molecule has 0 aliphatic rings. The van der Waals surface area contributed by atoms with Gasteiger partial charge in [0, 0.05) is 19.2 Å². The van der Waals surface area contributed by atoms with E-state index in [4.69, 9.17) is 0 Å². The SMILES string of the molecule is CCCCCCCCn1cc(CCSC)nn1. The standard InChI is InChI=1S/C13H25N3S/c1-3-4-5-6-7-8-10-16-12-13(14-15-16)9-11-17-2/h12H,3-11H2,1-2H3. The first-order chi connectivity index (χ1) is 8.36. The van der Waals surface area contributed by atoms with Crippen molar-refractivity contribution in [2.75, 3.05) is 12.0 Å². The van der Waals surface area contributed by atoms with Gasteiger partial charge in [0.05, 0.1) is 5.69 Å². The van der Waals surface area contributed by atoms with E-state index in [0.29, 0.717) is 0 Å². The smallest absolute Gasteiger partial charge is 0.0835 e. The Morgan fingerprint density at radius 2 is 1.94 bits per heavy atom. The van der Waals surface area contributed by atoms with Crippen molar-refractivity contribution in [2.45, 2.75) is 58.4 Å². The highest BCUT2D eigenvalue weighted by molar-refractivity contribution is 7.98. The minimum Gasteiger partial charge on any atom is -0.252 e. The Labute approximate surface area is 109 Å². The van der Waals surface area contributed by atoms with Crippen LogP contribution in [-0.4, -0.2) is 27.0 Å². The normalized spacial score (nSPS) is 10.9. The van der Waals surface area contributed by atoms with Crippen LogP contribution in [0, 0.1) is 0 Å². The molecule has 0 atom stereocenters. The molecule has 0 radical (unpaired) electrons. The van der Waals surface area contributed by atoms with Crippen molar-refractivity contribution in [3.63, 3.8) is 0 Å². The van der Waals surface area contributed by atoms with Gasteiger partial charge in [-0.25, -0.2) is 0 Å². The summed E-state index contributed by atoms with van der Waals surface area (Å²) in [4.78, 5) is 0. The molecular weight excluding hydrogens is 230 g/mol. The van der Waals surface area contributed by atoms with Crippen LogP contribution < -0.4 is 0 Å². The van der Waals surface area contributed by atoms with Gasteiger partial charge in [0.1, 0.15) is 0 Å². The van der Waals surface area contributed by atoms with E-state index in [1.807, 2.05) is 16.4 Å². The lowest BCUT2D eigenvalue weighted by atomic mass is 10.1. The minimum atomic E-state index is 1.03. The Bertz CT molecular complexity index is 286. The zero-order valence-corrected chi connectivity index (χ0v) is 12.0. The van der Waals surface area contributed by atoms with Gasteiger partial charge in [0.15, 0.2) is 0 Å². The summed E-state index contributed by atoms with van der Waals surface area (Å²) < 4.78 is 2.00. The second kappa shape index (κ2) is 9.51. The van der Waals surface area contributed by atoms with Gasteiger partial charge >= 0.3 is 0 Å². The summed E-state index contributed by atoms with van der Waals surface area (Å²) in [6.45, 7) is 3.28. The predicted octanol–water partition coefficient (Wildman–Crippen LogP) is 3.54. The number of nitrogens with zero attached hydrogens (tertiary/aromatic N) is 3. The molecule has 1 rings (SSSR count). The fraction of sp³-hybridized carbons (Fsp3) is 0.846. The van der Waals surface area contributed by atoms with Crippen molar-refractivity contribution in [3.8, 4) is 0 Å². The molecule has 0 saturated carbocycles. The summed E-state index contributed by atoms with van der Waals surface area (Å²) >= 11 is 1.86. The van der Waals surface area contributed by atoms with Gasteiger partial charge in [-0.3, -0.25) is 4.68 Å². The van der Waals surface area contributed by atoms with Crippen LogP contribution in [0.2, 0.25) is 0 Å². The fourth-order valence-corrected chi connectivity index (χ4v) is 2.24. The van der Waals surface area contributed by atoms with Crippen LogP contribution in [0.25, 0.3) is 0 Å². The summed E-state index contributed by atoms with van der Waals surface area (Å²) in [5, 5.41) is 8.34. The summed E-state index contributed by atoms with van der Waals surface area (Å²) in [7, 11) is 0. The average Bonchev–Trinajstić information content (AvgIpc) is 2.79. The molecule has 3 nitrogen and oxygen atoms in total. The fourth-order valence-electron chi connectivity index (χ4n) is 1.82. The number of rotatable bonds is 10. The van der Waals surface area contributed by atoms with E-state index in [1.165, 1.54) is 38.5 Å². The van der Waals surface area contributed by atoms with Crippen molar-refractivity contribution in [3.05, 3.63) is 11.9 Å². The molecule has 0 unspecified atom stereocenters. The third kappa shape index (κ3) is 6.71. The predicted molar refractivity (Wildman–Crippen MR) is 75.5 cm³/mol. The minimum absolute atomic E-state index is 1.03. The van der Waals surface area contributed by atoms with Gasteiger partial charge < -0.3 is 0 Å². The van der Waals surface area contributed by atoms with E-state index in [2.05, 4.69) is 29.7 Å². The molecule has 0 fully saturated rings. The van der Waals surface area contributed by atoms with Crippen molar-refractivity contribution in [2.24, 2.45) is 0 Å². The number of thioether (sulfide) groups is 1. The maximum atomic E-state index is 4.18. The van der Waals surface area contributed by atoms with E-state index in [-0.39, 0.29) is 0 Å². The zero-order valence-electron chi connectivity index (χ0n) is 11.2. The maximum Gasteiger partial charge on any atom is 0.0835 e. The van der Waals surface area contributed by atoms with Crippen LogP contribution in [0.4, 0.5) is 0 Å². The summed E-state index contributed by atoms with van der Waals surface area (Å²) in [5.74, 6) is 1.13. The van der Waals surface area contributed by atoms with Crippen molar-refractivity contribution < 1.29 is 0 Å². The molecule has 0 aliphatic heterocycles. The molecule has 0 N–H and O–H groups in total. The molecule has 0 amide bonds. The Morgan fingerprint density at radius 3 is 2.71 bits per heavy atom. The van der Waals surface area contributed by atoms with Gasteiger partial charge in [0.2, 0.25) is 0 Å². The molecule has 98 valence electrons. The highest BCUT2D eigenvalue weighted by Gasteiger charge is 1.99. The lowest BCUT2D eigenvalue weighted by Gasteiger charge is -2.00. The summed E-state index contributed by atoms with van der Waals surface area (Å²) in [6, 6.07) is 0. The molecular formula is C13H25N3S. The monoisotopic (exact) mass is 255 g/mol. The maximum absolute atomic E-state index is 4.18. The summed E-state index contributed by atoms with van der Waals surface area (Å²) in [5.41, 5.74) is 1.13. The highest BCUT2D eigenvalue weighted by Crippen LogP contribution is 2.06. The van der Waals surface area contributed by atoms with Crippen molar-refractivity contribution in [1.82, 2.24) is 15.0 Å². The van der Waals surface area contributed by atoms with E-state index in [9.17, 15) is 0 Å². The second-order valence-electron chi connectivity index (χ2n) is 4.48. The van der Waals surface area contributed by atoms with Crippen LogP contribution in [0.1, 0.15) is 51.1 Å². The topological polar surface area (TPSA) is 30.7 Å². The first-order valence-electron chi connectivity index (χ1n) is 6.74. The van der Waals surface area contributed by atoms with Crippen LogP contribution in [0.3, 0.4) is 0 Å². The molecule has 0 saturated heterocycles. The molecule has 1 aromatic rings. The largest absolute Gasteiger partial charge is 0.252 e. The third-order valence-electron chi connectivity index (χ3n) is 2.89. The van der Waals surface area contributed by atoms with Gasteiger partial charge in [-0.05, 0) is 18.4 Å². The molecule has 0 aliphatic carbocycles. The van der Waals surface area contributed by atoms with E-state index >= 15 is 0 Å². The van der Waals surface area contributed by atoms with Crippen molar-refractivity contribution >= 4 is 11.8 Å². The van der Waals surface area contributed by atoms with Gasteiger partial charge in [-0.1, -0.05) is 44.2 Å². The molecule has 1 heterocycles. The quantitative estimate of drug-likeness (QED) is 0.599. The molecule has 0 bridgehead atoms. The number of hydrogen-bond acceptors (Lipinski definition) is 3. The molecule has 0 aromatic carbocycles. The second-order valence-corrected chi connectivity index (χ2v) is 5.47. The van der Waals surface area contributed by atoms with Crippen LogP contribution in [-0.2, 0) is 13.0 Å².